The van der Waals surface area contributed by atoms with Gasteiger partial charge in [-0.25, -0.2) is 21.5 Å². The first-order valence-corrected chi connectivity index (χ1v) is 17.9. The van der Waals surface area contributed by atoms with E-state index in [1.54, 1.807) is 18.2 Å². The molecule has 254 valence electrons. The molecule has 0 saturated heterocycles. The number of anilines is 2. The molecule has 0 unspecified atom stereocenters. The van der Waals surface area contributed by atoms with Gasteiger partial charge < -0.3 is 19.3 Å². The Hall–Kier alpha value is -0.317. The third-order valence-electron chi connectivity index (χ3n) is 6.72. The Morgan fingerprint density at radius 3 is 2.12 bits per heavy atom. The topological polar surface area (TPSA) is 213 Å². The number of benzene rings is 2. The van der Waals surface area contributed by atoms with Crippen LogP contribution in [0.15, 0.2) is 45.5 Å². The molecule has 1 aromatic heterocycles. The van der Waals surface area contributed by atoms with Gasteiger partial charge in [0.2, 0.25) is 5.91 Å². The summed E-state index contributed by atoms with van der Waals surface area (Å²) >= 11 is 12.8. The monoisotopic (exact) mass is 803 g/mol. The third-order valence-corrected chi connectivity index (χ3v) is 8.89. The van der Waals surface area contributed by atoms with Crippen molar-refractivity contribution in [1.29, 1.82) is 5.26 Å². The predicted octanol–water partition coefficient (Wildman–Crippen LogP) is 0.174. The van der Waals surface area contributed by atoms with Crippen molar-refractivity contribution in [2.24, 2.45) is 10.2 Å². The molecule has 3 rings (SSSR count). The van der Waals surface area contributed by atoms with E-state index in [0.29, 0.717) is 24.3 Å². The number of aromatic nitrogens is 2. The Morgan fingerprint density at radius 1 is 1.06 bits per heavy atom. The fourth-order valence-corrected chi connectivity index (χ4v) is 6.46. The molecule has 0 aliphatic heterocycles. The van der Waals surface area contributed by atoms with Crippen LogP contribution in [0.3, 0.4) is 0 Å². The van der Waals surface area contributed by atoms with Crippen LogP contribution in [-0.4, -0.2) is 60.0 Å². The largest absolute Gasteiger partial charge is 1.00 e. The first-order chi connectivity index (χ1) is 21.6. The van der Waals surface area contributed by atoms with E-state index in [1.807, 2.05) is 39.5 Å². The Morgan fingerprint density at radius 2 is 1.65 bits per heavy atom. The SMILES string of the molecule is CC(=O)Nc1cc(N(CCCCS(=O)(=O)[O-])C(C)C)ccc1N=Nc1c(C#N)c(C(C)(C)C)nn1-c1c(Cl)cc(S(=O)(=O)[O-])cc1Cl.[K+].[K+]. The summed E-state index contributed by atoms with van der Waals surface area (Å²) in [6, 6.07) is 8.88. The second-order valence-corrected chi connectivity index (χ2v) is 15.6. The molecule has 0 aliphatic carbocycles. The number of nitrogens with zero attached hydrogens (tertiary/aromatic N) is 6. The van der Waals surface area contributed by atoms with Gasteiger partial charge in [-0.15, -0.1) is 10.2 Å². The van der Waals surface area contributed by atoms with E-state index in [1.165, 1.54) is 6.92 Å². The second kappa shape index (κ2) is 19.1. The molecule has 1 amide bonds. The molecule has 1 N–H and O–H groups in total. The minimum Gasteiger partial charge on any atom is -0.748 e. The van der Waals surface area contributed by atoms with Crippen molar-refractivity contribution >= 4 is 72.2 Å². The van der Waals surface area contributed by atoms with Gasteiger partial charge in [-0.2, -0.15) is 10.4 Å². The fraction of sp³-hybridized carbons (Fsp3) is 0.414. The van der Waals surface area contributed by atoms with Crippen LogP contribution in [0.4, 0.5) is 22.9 Å². The van der Waals surface area contributed by atoms with Crippen molar-refractivity contribution in [3.8, 4) is 11.8 Å². The summed E-state index contributed by atoms with van der Waals surface area (Å²) in [5.74, 6) is -0.972. The summed E-state index contributed by atoms with van der Waals surface area (Å²) in [7, 11) is -9.22. The van der Waals surface area contributed by atoms with Crippen molar-refractivity contribution in [3.05, 3.63) is 51.6 Å². The van der Waals surface area contributed by atoms with Gasteiger partial charge in [0.25, 0.3) is 0 Å². The van der Waals surface area contributed by atoms with E-state index in [2.05, 4.69) is 26.7 Å². The summed E-state index contributed by atoms with van der Waals surface area (Å²) in [5, 5.41) is 25.6. The molecule has 0 saturated carbocycles. The summed E-state index contributed by atoms with van der Waals surface area (Å²) in [4.78, 5) is 13.5. The average molecular weight is 805 g/mol. The predicted molar refractivity (Wildman–Crippen MR) is 176 cm³/mol. The van der Waals surface area contributed by atoms with Crippen molar-refractivity contribution < 1.29 is 134 Å². The molecule has 20 heteroatoms. The van der Waals surface area contributed by atoms with Gasteiger partial charge in [0, 0.05) is 36.4 Å². The average Bonchev–Trinajstić information content (AvgIpc) is 3.29. The molecule has 3 aromatic rings. The van der Waals surface area contributed by atoms with Crippen LogP contribution in [0.2, 0.25) is 10.0 Å². The van der Waals surface area contributed by atoms with Crippen LogP contribution in [0.5, 0.6) is 0 Å². The van der Waals surface area contributed by atoms with Crippen molar-refractivity contribution in [3.63, 3.8) is 0 Å². The zero-order chi connectivity index (χ0) is 35.5. The van der Waals surface area contributed by atoms with Crippen molar-refractivity contribution in [1.82, 2.24) is 9.78 Å². The molecular weight excluding hydrogens is 772 g/mol. The maximum atomic E-state index is 12.2. The number of hydrogen-bond acceptors (Lipinski definition) is 12. The molecule has 0 fully saturated rings. The molecule has 0 radical (unpaired) electrons. The second-order valence-electron chi connectivity index (χ2n) is 11.8. The first-order valence-electron chi connectivity index (χ1n) is 14.2. The number of nitrogens with one attached hydrogen (secondary N) is 1. The Balaban J connectivity index is 0.00000600. The van der Waals surface area contributed by atoms with Gasteiger partial charge in [0.05, 0.1) is 36.4 Å². The molecule has 14 nitrogen and oxygen atoms in total. The molecule has 49 heavy (non-hydrogen) atoms. The number of carbonyl (C=O) groups excluding carboxylic acids is 1. The van der Waals surface area contributed by atoms with E-state index in [9.17, 15) is 36.0 Å². The van der Waals surface area contributed by atoms with Gasteiger partial charge >= 0.3 is 103 Å². The number of amides is 1. The maximum Gasteiger partial charge on any atom is 1.00 e. The minimum absolute atomic E-state index is 0. The number of carbonyl (C=O) groups is 1. The Labute approximate surface area is 381 Å². The van der Waals surface area contributed by atoms with Crippen LogP contribution in [0, 0.1) is 11.3 Å². The van der Waals surface area contributed by atoms with Gasteiger partial charge in [-0.05, 0) is 57.0 Å². The van der Waals surface area contributed by atoms with Gasteiger partial charge in [0.1, 0.15) is 33.1 Å². The first kappa shape index (κ1) is 46.7. The number of halogens is 2. The smallest absolute Gasteiger partial charge is 0.748 e. The zero-order valence-corrected chi connectivity index (χ0v) is 37.8. The standard InChI is InChI=1S/C29H35Cl2N7O7S2.2K/c1-17(2)37(11-7-8-12-46(40,41)42)19-9-10-24(25(13-19)33-18(3)39)34-35-28-21(16-32)27(29(4,5)6)36-38(28)26-22(30)14-20(15-23(26)31)47(43,44)45;;/h9-10,13-15,17H,7-8,11-12H2,1-6H3,(H,33,39)(H,40,41,42)(H,43,44,45);;/q;2*+1/p-2. The van der Waals surface area contributed by atoms with Gasteiger partial charge in [-0.1, -0.05) is 44.0 Å². The molecule has 2 aromatic carbocycles. The summed E-state index contributed by atoms with van der Waals surface area (Å²) in [6.45, 7) is 11.0. The van der Waals surface area contributed by atoms with Crippen LogP contribution < -0.4 is 113 Å². The number of hydrogen-bond donors (Lipinski definition) is 1. The van der Waals surface area contributed by atoms with Crippen molar-refractivity contribution in [2.45, 2.75) is 70.7 Å². The van der Waals surface area contributed by atoms with Crippen LogP contribution in [-0.2, 0) is 30.4 Å². The molecule has 0 bridgehead atoms. The van der Waals surface area contributed by atoms with E-state index in [4.69, 9.17) is 23.2 Å². The zero-order valence-electron chi connectivity index (χ0n) is 28.4. The minimum atomic E-state index is -4.89. The fourth-order valence-electron chi connectivity index (χ4n) is 4.60. The van der Waals surface area contributed by atoms with Gasteiger partial charge in [-0.3, -0.25) is 4.79 Å². The maximum absolute atomic E-state index is 12.2. The molecule has 0 atom stereocenters. The number of rotatable bonds is 12. The summed E-state index contributed by atoms with van der Waals surface area (Å²) < 4.78 is 69.0. The van der Waals surface area contributed by atoms with Crippen LogP contribution in [0.1, 0.15) is 65.6 Å². The molecule has 0 aliphatic rings. The Kier molecular flexibility index (Phi) is 18.2. The van der Waals surface area contributed by atoms with E-state index in [0.717, 1.165) is 16.8 Å². The van der Waals surface area contributed by atoms with Gasteiger partial charge in [0.15, 0.2) is 5.82 Å². The number of nitriles is 1. The van der Waals surface area contributed by atoms with E-state index < -0.39 is 42.2 Å². The number of azo groups is 1. The molecular formula is C29H33Cl2K2N7O7S2. The molecule has 1 heterocycles. The normalized spacial score (nSPS) is 12.0. The van der Waals surface area contributed by atoms with Crippen LogP contribution >= 0.6 is 23.2 Å². The van der Waals surface area contributed by atoms with Crippen molar-refractivity contribution in [2.75, 3.05) is 22.5 Å². The molecule has 0 spiro atoms. The van der Waals surface area contributed by atoms with Crippen LogP contribution in [0.25, 0.3) is 5.69 Å². The summed E-state index contributed by atoms with van der Waals surface area (Å²) in [6.07, 6.45) is 0.620. The quantitative estimate of drug-likeness (QED) is 0.114. The van der Waals surface area contributed by atoms with E-state index >= 15 is 0 Å². The van der Waals surface area contributed by atoms with E-state index in [-0.39, 0.29) is 154 Å². The Bertz CT molecular complexity index is 1950. The number of unbranched alkanes of at least 4 members (excludes halogenated alkanes) is 1. The summed E-state index contributed by atoms with van der Waals surface area (Å²) in [5.41, 5.74) is 0.749. The third kappa shape index (κ3) is 12.9.